The van der Waals surface area contributed by atoms with Crippen molar-refractivity contribution in [3.8, 4) is 0 Å². The molecule has 6 nitrogen and oxygen atoms in total. The minimum atomic E-state index is -0.835. The predicted molar refractivity (Wildman–Crippen MR) is 90.2 cm³/mol. The lowest BCUT2D eigenvalue weighted by molar-refractivity contribution is -0.409. The molecule has 0 bridgehead atoms. The highest BCUT2D eigenvalue weighted by atomic mass is 35.5. The second-order valence-electron chi connectivity index (χ2n) is 5.54. The Hall–Kier alpha value is -2.54. The Morgan fingerprint density at radius 1 is 1.40 bits per heavy atom. The van der Waals surface area contributed by atoms with Crippen LogP contribution in [0.25, 0.3) is 0 Å². The summed E-state index contributed by atoms with van der Waals surface area (Å²) in [6, 6.07) is 3.62. The summed E-state index contributed by atoms with van der Waals surface area (Å²) >= 11 is 6.03. The number of fused-ring (bicyclic) bond motifs is 1. The first-order chi connectivity index (χ1) is 12.0. The minimum Gasteiger partial charge on any atom is -0.497 e. The number of benzene rings is 1. The van der Waals surface area contributed by atoms with Gasteiger partial charge in [0.1, 0.15) is 24.3 Å². The molecular formula is C17H16ClFN3O3+. The van der Waals surface area contributed by atoms with Gasteiger partial charge in [0, 0.05) is 16.7 Å². The molecule has 8 heteroatoms. The number of allylic oxidation sites excluding steroid dienone is 1. The van der Waals surface area contributed by atoms with Crippen molar-refractivity contribution in [1.29, 1.82) is 0 Å². The van der Waals surface area contributed by atoms with Gasteiger partial charge in [-0.15, -0.1) is 4.99 Å². The zero-order chi connectivity index (χ0) is 18.1. The summed E-state index contributed by atoms with van der Waals surface area (Å²) in [7, 11) is 1.51. The van der Waals surface area contributed by atoms with E-state index in [9.17, 15) is 14.0 Å². The number of aliphatic imine (C=N–C) groups is 1. The maximum atomic E-state index is 14.1. The fourth-order valence-corrected chi connectivity index (χ4v) is 3.03. The van der Waals surface area contributed by atoms with E-state index in [1.807, 2.05) is 0 Å². The summed E-state index contributed by atoms with van der Waals surface area (Å²) in [6.45, 7) is 1.90. The molecule has 0 radical (unpaired) electrons. The van der Waals surface area contributed by atoms with Gasteiger partial charge < -0.3 is 4.74 Å². The Morgan fingerprint density at radius 3 is 2.84 bits per heavy atom. The number of hydrogen-bond donors (Lipinski definition) is 0. The molecule has 0 fully saturated rings. The molecule has 25 heavy (non-hydrogen) atoms. The maximum Gasteiger partial charge on any atom is 0.445 e. The van der Waals surface area contributed by atoms with E-state index in [-0.39, 0.29) is 23.0 Å². The van der Waals surface area contributed by atoms with Gasteiger partial charge in [-0.25, -0.2) is 9.18 Å². The molecule has 3 rings (SSSR count). The number of dihydropyridines is 1. The molecule has 1 aromatic carbocycles. The summed E-state index contributed by atoms with van der Waals surface area (Å²) in [6.07, 6.45) is 3.07. The van der Waals surface area contributed by atoms with Gasteiger partial charge in [-0.1, -0.05) is 17.7 Å². The number of imide groups is 1. The molecule has 130 valence electrons. The van der Waals surface area contributed by atoms with Crippen molar-refractivity contribution >= 4 is 35.6 Å². The zero-order valence-electron chi connectivity index (χ0n) is 13.7. The number of rotatable bonds is 4. The van der Waals surface area contributed by atoms with Crippen LogP contribution in [-0.4, -0.2) is 47.1 Å². The average molecular weight is 365 g/mol. The number of ether oxygens (including phenoxy) is 1. The summed E-state index contributed by atoms with van der Waals surface area (Å²) < 4.78 is 20.9. The summed E-state index contributed by atoms with van der Waals surface area (Å²) in [5, 5.41) is 0.153. The van der Waals surface area contributed by atoms with E-state index in [0.717, 1.165) is 4.90 Å². The Balaban J connectivity index is 2.01. The second kappa shape index (κ2) is 6.76. The molecule has 1 aromatic rings. The highest BCUT2D eigenvalue weighted by Gasteiger charge is 2.49. The Morgan fingerprint density at radius 2 is 2.16 bits per heavy atom. The Kier molecular flexibility index (Phi) is 4.67. The molecule has 3 amide bonds. The molecule has 0 aromatic heterocycles. The molecule has 0 spiro atoms. The topological polar surface area (TPSA) is 62.0 Å². The smallest absolute Gasteiger partial charge is 0.445 e. The number of urea groups is 1. The summed E-state index contributed by atoms with van der Waals surface area (Å²) in [5.74, 6) is -1.24. The maximum absolute atomic E-state index is 14.1. The zero-order valence-corrected chi connectivity index (χ0v) is 14.5. The Bertz CT molecular complexity index is 827. The lowest BCUT2D eigenvalue weighted by Gasteiger charge is -2.28. The molecule has 0 saturated carbocycles. The van der Waals surface area contributed by atoms with Crippen molar-refractivity contribution in [3.05, 3.63) is 46.4 Å². The number of carbonyl (C=O) groups excluding carboxylic acids is 2. The number of nitrogens with zero attached hydrogens (tertiary/aromatic N) is 3. The number of amides is 3. The van der Waals surface area contributed by atoms with E-state index < -0.39 is 23.7 Å². The van der Waals surface area contributed by atoms with Crippen molar-refractivity contribution in [2.75, 3.05) is 13.7 Å². The van der Waals surface area contributed by atoms with E-state index in [1.54, 1.807) is 13.0 Å². The molecule has 2 aliphatic rings. The van der Waals surface area contributed by atoms with Gasteiger partial charge in [-0.3, -0.25) is 4.79 Å². The van der Waals surface area contributed by atoms with E-state index in [2.05, 4.69) is 4.99 Å². The standard InChI is InChI=1S/C17H16ClFN3O3/c1-3-25-13-7-8-20-15-14(13)16(23)22(17(24)21(15)2)9-10-11(18)5-4-6-12(10)19/h4-8,14H,3,9H2,1-2H3/q+1. The van der Waals surface area contributed by atoms with Crippen LogP contribution in [0.15, 0.2) is 35.0 Å². The number of amidine groups is 1. The highest BCUT2D eigenvalue weighted by Crippen LogP contribution is 2.28. The van der Waals surface area contributed by atoms with Gasteiger partial charge in [0.25, 0.3) is 5.84 Å². The molecule has 2 heterocycles. The van der Waals surface area contributed by atoms with Crippen LogP contribution in [0.4, 0.5) is 9.18 Å². The fraction of sp³-hybridized carbons (Fsp3) is 0.294. The van der Waals surface area contributed by atoms with E-state index in [0.29, 0.717) is 12.4 Å². The first-order valence-electron chi connectivity index (χ1n) is 7.71. The minimum absolute atomic E-state index is 0.0870. The van der Waals surface area contributed by atoms with Crippen LogP contribution >= 0.6 is 11.6 Å². The summed E-state index contributed by atoms with van der Waals surface area (Å²) in [5.41, 5.74) is 0.0870. The number of halogens is 2. The van der Waals surface area contributed by atoms with Gasteiger partial charge in [0.15, 0.2) is 5.92 Å². The van der Waals surface area contributed by atoms with Crippen LogP contribution in [0, 0.1) is 11.7 Å². The van der Waals surface area contributed by atoms with Gasteiger partial charge >= 0.3 is 11.9 Å². The van der Waals surface area contributed by atoms with Gasteiger partial charge in [-0.05, 0) is 19.1 Å². The van der Waals surface area contributed by atoms with E-state index in [4.69, 9.17) is 16.3 Å². The van der Waals surface area contributed by atoms with Gasteiger partial charge in [0.2, 0.25) is 0 Å². The molecule has 1 atom stereocenters. The molecule has 1 unspecified atom stereocenters. The third-order valence-electron chi connectivity index (χ3n) is 4.05. The number of hydrogen-bond acceptors (Lipinski definition) is 4. The second-order valence-corrected chi connectivity index (χ2v) is 5.94. The Labute approximate surface area is 148 Å². The van der Waals surface area contributed by atoms with Gasteiger partial charge in [0.05, 0.1) is 13.7 Å². The average Bonchev–Trinajstić information content (AvgIpc) is 2.59. The van der Waals surface area contributed by atoms with Crippen LogP contribution in [0.3, 0.4) is 0 Å². The van der Waals surface area contributed by atoms with Crippen molar-refractivity contribution in [3.63, 3.8) is 0 Å². The van der Waals surface area contributed by atoms with Crippen molar-refractivity contribution in [2.45, 2.75) is 13.5 Å². The van der Waals surface area contributed by atoms with Crippen molar-refractivity contribution in [1.82, 2.24) is 4.90 Å². The third-order valence-corrected chi connectivity index (χ3v) is 4.41. The quantitative estimate of drug-likeness (QED) is 0.771. The van der Waals surface area contributed by atoms with Crippen LogP contribution in [0.5, 0.6) is 0 Å². The SMILES string of the molecule is CCOC1=CC=NC2=[N+](C)C(=O)N(Cc3c(F)cccc3Cl)C(=O)C12. The largest absolute Gasteiger partial charge is 0.497 e. The fourth-order valence-electron chi connectivity index (χ4n) is 2.81. The first-order valence-corrected chi connectivity index (χ1v) is 8.09. The molecule has 0 N–H and O–H groups in total. The molecular weight excluding hydrogens is 349 g/mol. The predicted octanol–water partition coefficient (Wildman–Crippen LogP) is 2.60. The van der Waals surface area contributed by atoms with Crippen molar-refractivity contribution < 1.29 is 23.3 Å². The highest BCUT2D eigenvalue weighted by molar-refractivity contribution is 6.31. The molecule has 0 aliphatic carbocycles. The van der Waals surface area contributed by atoms with Crippen LogP contribution in [0.2, 0.25) is 5.02 Å². The van der Waals surface area contributed by atoms with Crippen molar-refractivity contribution in [2.24, 2.45) is 10.9 Å². The first kappa shape index (κ1) is 17.3. The number of carbonyl (C=O) groups is 2. The lowest BCUT2D eigenvalue weighted by atomic mass is 9.99. The summed E-state index contributed by atoms with van der Waals surface area (Å²) in [4.78, 5) is 30.6. The lowest BCUT2D eigenvalue weighted by Crippen LogP contribution is -2.54. The van der Waals surface area contributed by atoms with Crippen LogP contribution in [0.1, 0.15) is 12.5 Å². The van der Waals surface area contributed by atoms with E-state index >= 15 is 0 Å². The third kappa shape index (κ3) is 2.95. The molecule has 2 aliphatic heterocycles. The monoisotopic (exact) mass is 364 g/mol. The van der Waals surface area contributed by atoms with Crippen LogP contribution in [-0.2, 0) is 16.1 Å². The molecule has 0 saturated heterocycles. The van der Waals surface area contributed by atoms with E-state index in [1.165, 1.54) is 36.0 Å². The van der Waals surface area contributed by atoms with Gasteiger partial charge in [-0.2, -0.15) is 9.48 Å². The van der Waals surface area contributed by atoms with Crippen LogP contribution < -0.4 is 0 Å². The normalized spacial score (nSPS) is 19.9.